The van der Waals surface area contributed by atoms with Crippen LogP contribution in [0.5, 0.6) is 0 Å². The third-order valence-electron chi connectivity index (χ3n) is 2.23. The summed E-state index contributed by atoms with van der Waals surface area (Å²) in [5.74, 6) is 1.17. The summed E-state index contributed by atoms with van der Waals surface area (Å²) in [6.07, 6.45) is 2.30. The number of amides is 1. The molecule has 0 bridgehead atoms. The Hall–Kier alpha value is -1.32. The molecule has 1 aromatic rings. The molecule has 2 rings (SSSR count). The Morgan fingerprint density at radius 2 is 2.20 bits per heavy atom. The van der Waals surface area contributed by atoms with Gasteiger partial charge in [-0.25, -0.2) is 0 Å². The Kier molecular flexibility index (Phi) is 2.29. The van der Waals surface area contributed by atoms with Crippen molar-refractivity contribution in [2.24, 2.45) is 0 Å². The van der Waals surface area contributed by atoms with Gasteiger partial charge in [0.1, 0.15) is 5.76 Å². The van der Waals surface area contributed by atoms with Crippen molar-refractivity contribution >= 4 is 5.91 Å². The van der Waals surface area contributed by atoms with E-state index < -0.39 is 0 Å². The molecule has 1 N–H and O–H groups in total. The molecule has 0 spiro atoms. The van der Waals surface area contributed by atoms with E-state index in [1.165, 1.54) is 0 Å². The molecule has 0 aromatic carbocycles. The van der Waals surface area contributed by atoms with Gasteiger partial charge in [-0.1, -0.05) is 5.16 Å². The van der Waals surface area contributed by atoms with Gasteiger partial charge in [0.05, 0.1) is 0 Å². The number of carbonyl (C=O) groups is 1. The summed E-state index contributed by atoms with van der Waals surface area (Å²) in [4.78, 5) is 11.7. The van der Waals surface area contributed by atoms with Crippen LogP contribution in [0.3, 0.4) is 0 Å². The average molecular weight is 208 g/mol. The quantitative estimate of drug-likeness (QED) is 0.809. The molecule has 1 aliphatic rings. The maximum Gasteiger partial charge on any atom is 0.273 e. The van der Waals surface area contributed by atoms with Crippen LogP contribution in [0.4, 0.5) is 0 Å². The van der Waals surface area contributed by atoms with Gasteiger partial charge in [0.25, 0.3) is 5.91 Å². The number of carbonyl (C=O) groups excluding carboxylic acids is 1. The number of aromatic nitrogens is 1. The van der Waals surface area contributed by atoms with E-state index in [9.17, 15) is 4.79 Å². The number of rotatable bonds is 2. The first-order valence-corrected chi connectivity index (χ1v) is 5.25. The maximum absolute atomic E-state index is 11.7. The predicted molar refractivity (Wildman–Crippen MR) is 55.7 cm³/mol. The molecule has 0 unspecified atom stereocenters. The molecule has 1 amide bonds. The lowest BCUT2D eigenvalue weighted by Crippen LogP contribution is -2.40. The maximum atomic E-state index is 11.7. The number of hydrogen-bond acceptors (Lipinski definition) is 3. The Morgan fingerprint density at radius 3 is 2.73 bits per heavy atom. The molecule has 0 radical (unpaired) electrons. The minimum atomic E-state index is -0.240. The highest BCUT2D eigenvalue weighted by atomic mass is 16.5. The number of nitrogens with zero attached hydrogens (tertiary/aromatic N) is 1. The van der Waals surface area contributed by atoms with Gasteiger partial charge in [-0.3, -0.25) is 4.79 Å². The Bertz CT molecular complexity index is 372. The lowest BCUT2D eigenvalue weighted by molar-refractivity contribution is 0.0910. The third-order valence-corrected chi connectivity index (χ3v) is 2.23. The van der Waals surface area contributed by atoms with Crippen LogP contribution >= 0.6 is 0 Å². The van der Waals surface area contributed by atoms with E-state index in [0.717, 1.165) is 18.6 Å². The first-order valence-electron chi connectivity index (χ1n) is 5.25. The second-order valence-corrected chi connectivity index (χ2v) is 5.09. The van der Waals surface area contributed by atoms with Crippen LogP contribution < -0.4 is 5.32 Å². The minimum Gasteiger partial charge on any atom is -0.360 e. The fourth-order valence-corrected chi connectivity index (χ4v) is 1.36. The van der Waals surface area contributed by atoms with Gasteiger partial charge >= 0.3 is 0 Å². The fourth-order valence-electron chi connectivity index (χ4n) is 1.36. The summed E-state index contributed by atoms with van der Waals surface area (Å²) in [7, 11) is 0. The van der Waals surface area contributed by atoms with Crippen LogP contribution in [0.1, 0.15) is 55.8 Å². The van der Waals surface area contributed by atoms with Crippen LogP contribution in [0.25, 0.3) is 0 Å². The molecular formula is C11H16N2O2. The SMILES string of the molecule is CC(C)(C)NC(=O)c1cc(C2CC2)on1. The monoisotopic (exact) mass is 208 g/mol. The molecule has 1 aliphatic carbocycles. The van der Waals surface area contributed by atoms with Crippen molar-refractivity contribution < 1.29 is 9.32 Å². The molecule has 1 fully saturated rings. The fraction of sp³-hybridized carbons (Fsp3) is 0.636. The molecule has 0 saturated heterocycles. The van der Waals surface area contributed by atoms with Crippen molar-refractivity contribution in [2.75, 3.05) is 0 Å². The number of nitrogens with one attached hydrogen (secondary N) is 1. The van der Waals surface area contributed by atoms with Crippen LogP contribution in [0.15, 0.2) is 10.6 Å². The van der Waals surface area contributed by atoms with Gasteiger partial charge in [0.2, 0.25) is 0 Å². The lowest BCUT2D eigenvalue weighted by atomic mass is 10.1. The number of hydrogen-bond donors (Lipinski definition) is 1. The second kappa shape index (κ2) is 3.36. The van der Waals surface area contributed by atoms with Crippen molar-refractivity contribution in [3.05, 3.63) is 17.5 Å². The van der Waals surface area contributed by atoms with Crippen molar-refractivity contribution in [1.29, 1.82) is 0 Å². The topological polar surface area (TPSA) is 55.1 Å². The van der Waals surface area contributed by atoms with Gasteiger partial charge in [-0.15, -0.1) is 0 Å². The summed E-state index contributed by atoms with van der Waals surface area (Å²) in [6.45, 7) is 5.81. The standard InChI is InChI=1S/C11H16N2O2/c1-11(2,3)12-10(14)8-6-9(15-13-8)7-4-5-7/h6-7H,4-5H2,1-3H3,(H,12,14). The molecule has 0 aliphatic heterocycles. The van der Waals surface area contributed by atoms with Crippen molar-refractivity contribution in [1.82, 2.24) is 10.5 Å². The first kappa shape index (κ1) is 10.2. The summed E-state index contributed by atoms with van der Waals surface area (Å²) >= 11 is 0. The van der Waals surface area contributed by atoms with Crippen molar-refractivity contribution in [3.63, 3.8) is 0 Å². The zero-order chi connectivity index (χ0) is 11.1. The van der Waals surface area contributed by atoms with Crippen molar-refractivity contribution in [3.8, 4) is 0 Å². The molecular weight excluding hydrogens is 192 g/mol. The van der Waals surface area contributed by atoms with Crippen LogP contribution in [0, 0.1) is 0 Å². The van der Waals surface area contributed by atoms with Crippen molar-refractivity contribution in [2.45, 2.75) is 45.1 Å². The van der Waals surface area contributed by atoms with E-state index in [1.54, 1.807) is 6.07 Å². The zero-order valence-corrected chi connectivity index (χ0v) is 9.33. The van der Waals surface area contributed by atoms with Crippen LogP contribution in [0.2, 0.25) is 0 Å². The molecule has 4 nitrogen and oxygen atoms in total. The average Bonchev–Trinajstić information content (AvgIpc) is 2.81. The Balaban J connectivity index is 2.05. The normalized spacial score (nSPS) is 16.5. The Morgan fingerprint density at radius 1 is 1.53 bits per heavy atom. The van der Waals surface area contributed by atoms with E-state index in [4.69, 9.17) is 4.52 Å². The van der Waals surface area contributed by atoms with Gasteiger partial charge < -0.3 is 9.84 Å². The van der Waals surface area contributed by atoms with E-state index in [0.29, 0.717) is 11.6 Å². The first-order chi connectivity index (χ1) is 6.96. The lowest BCUT2D eigenvalue weighted by Gasteiger charge is -2.19. The van der Waals surface area contributed by atoms with Gasteiger partial charge in [0, 0.05) is 17.5 Å². The van der Waals surface area contributed by atoms with E-state index in [-0.39, 0.29) is 11.4 Å². The molecule has 15 heavy (non-hydrogen) atoms. The smallest absolute Gasteiger partial charge is 0.273 e. The van der Waals surface area contributed by atoms with Crippen LogP contribution in [-0.2, 0) is 0 Å². The molecule has 1 heterocycles. The molecule has 82 valence electrons. The third kappa shape index (κ3) is 2.58. The summed E-state index contributed by atoms with van der Waals surface area (Å²) < 4.78 is 5.11. The van der Waals surface area contributed by atoms with E-state index in [1.807, 2.05) is 20.8 Å². The van der Waals surface area contributed by atoms with Gasteiger partial charge in [-0.05, 0) is 33.6 Å². The summed E-state index contributed by atoms with van der Waals surface area (Å²) in [5, 5.41) is 6.62. The highest BCUT2D eigenvalue weighted by Crippen LogP contribution is 2.40. The molecule has 1 aromatic heterocycles. The second-order valence-electron chi connectivity index (χ2n) is 5.09. The molecule has 1 saturated carbocycles. The van der Waals surface area contributed by atoms with E-state index >= 15 is 0 Å². The summed E-state index contributed by atoms with van der Waals surface area (Å²) in [6, 6.07) is 1.75. The van der Waals surface area contributed by atoms with E-state index in [2.05, 4.69) is 10.5 Å². The highest BCUT2D eigenvalue weighted by molar-refractivity contribution is 5.92. The van der Waals surface area contributed by atoms with Gasteiger partial charge in [0.15, 0.2) is 5.69 Å². The summed E-state index contributed by atoms with van der Waals surface area (Å²) in [5.41, 5.74) is 0.141. The highest BCUT2D eigenvalue weighted by Gasteiger charge is 2.29. The zero-order valence-electron chi connectivity index (χ0n) is 9.33. The van der Waals surface area contributed by atoms with Gasteiger partial charge in [-0.2, -0.15) is 0 Å². The minimum absolute atomic E-state index is 0.168. The predicted octanol–water partition coefficient (Wildman–Crippen LogP) is 2.08. The molecule has 4 heteroatoms. The molecule has 0 atom stereocenters. The van der Waals surface area contributed by atoms with Crippen LogP contribution in [-0.4, -0.2) is 16.6 Å². The largest absolute Gasteiger partial charge is 0.360 e. The Labute approximate surface area is 89.0 Å².